The van der Waals surface area contributed by atoms with Crippen molar-refractivity contribution in [1.82, 2.24) is 29.0 Å². The summed E-state index contributed by atoms with van der Waals surface area (Å²) >= 11 is 0. The van der Waals surface area contributed by atoms with E-state index in [0.29, 0.717) is 5.69 Å². The fraction of sp³-hybridized carbons (Fsp3) is 0.267. The van der Waals surface area contributed by atoms with E-state index in [1.165, 1.54) is 17.1 Å². The largest absolute Gasteiger partial charge is 0.349 e. The zero-order valence-corrected chi connectivity index (χ0v) is 14.6. The first-order valence-electron chi connectivity index (χ1n) is 7.53. The Morgan fingerprint density at radius 2 is 2.08 bits per heavy atom. The van der Waals surface area contributed by atoms with Crippen LogP contribution in [0.1, 0.15) is 11.4 Å². The number of rotatable bonds is 6. The minimum absolute atomic E-state index is 0.126. The molecule has 3 aromatic rings. The van der Waals surface area contributed by atoms with Gasteiger partial charge in [-0.2, -0.15) is 0 Å². The van der Waals surface area contributed by atoms with Crippen LogP contribution in [0.3, 0.4) is 0 Å². The third-order valence-corrected chi connectivity index (χ3v) is 4.88. The van der Waals surface area contributed by atoms with Crippen LogP contribution in [0, 0.1) is 6.92 Å². The lowest BCUT2D eigenvalue weighted by Crippen LogP contribution is -2.36. The van der Waals surface area contributed by atoms with E-state index in [1.807, 2.05) is 35.7 Å². The van der Waals surface area contributed by atoms with Crippen LogP contribution >= 0.6 is 0 Å². The third-order valence-electron chi connectivity index (χ3n) is 3.59. The number of sulfonamides is 1. The average molecular weight is 362 g/mol. The predicted octanol–water partition coefficient (Wildman–Crippen LogP) is -0.0291. The highest BCUT2D eigenvalue weighted by atomic mass is 32.2. The van der Waals surface area contributed by atoms with Gasteiger partial charge in [0.15, 0.2) is 5.03 Å². The fourth-order valence-electron chi connectivity index (χ4n) is 2.30. The maximum Gasteiger partial charge on any atom is 0.260 e. The normalized spacial score (nSPS) is 11.8. The van der Waals surface area contributed by atoms with Gasteiger partial charge in [0.05, 0.1) is 25.1 Å². The molecule has 132 valence electrons. The number of hydrogen-bond acceptors (Lipinski definition) is 5. The van der Waals surface area contributed by atoms with Gasteiger partial charge in [0, 0.05) is 25.1 Å². The molecule has 0 radical (unpaired) electrons. The molecular formula is C15H18N6O3S. The maximum atomic E-state index is 12.0. The van der Waals surface area contributed by atoms with E-state index in [4.69, 9.17) is 0 Å². The Balaban J connectivity index is 1.56. The van der Waals surface area contributed by atoms with E-state index in [-0.39, 0.29) is 18.1 Å². The Kier molecular flexibility index (Phi) is 4.55. The topological polar surface area (TPSA) is 110 Å². The summed E-state index contributed by atoms with van der Waals surface area (Å²) in [6.45, 7) is 1.81. The number of carbonyl (C=O) groups excluding carboxylic acids is 1. The van der Waals surface area contributed by atoms with Crippen LogP contribution in [0.15, 0.2) is 41.9 Å². The van der Waals surface area contributed by atoms with Crippen molar-refractivity contribution < 1.29 is 13.2 Å². The molecule has 3 heterocycles. The van der Waals surface area contributed by atoms with Crippen molar-refractivity contribution in [2.24, 2.45) is 7.05 Å². The van der Waals surface area contributed by atoms with Gasteiger partial charge in [-0.25, -0.2) is 23.1 Å². The van der Waals surface area contributed by atoms with Gasteiger partial charge < -0.3 is 14.3 Å². The molecule has 1 amide bonds. The van der Waals surface area contributed by atoms with Gasteiger partial charge in [-0.15, -0.1) is 0 Å². The molecule has 0 saturated heterocycles. The number of carbonyl (C=O) groups is 1. The van der Waals surface area contributed by atoms with E-state index in [2.05, 4.69) is 20.0 Å². The van der Waals surface area contributed by atoms with Crippen LogP contribution in [0.4, 0.5) is 0 Å². The second-order valence-corrected chi connectivity index (χ2v) is 7.32. The van der Waals surface area contributed by atoms with E-state index in [9.17, 15) is 13.2 Å². The molecule has 3 aromatic heterocycles. The Labute approximate surface area is 144 Å². The smallest absolute Gasteiger partial charge is 0.260 e. The standard InChI is InChI=1S/C15H18N6O3S/c1-11-4-3-5-13-19-12(8-21(11)13)6-16-14(22)7-18-25(23,24)15-9-20(2)10-17-15/h3-5,8-10,18H,6-7H2,1-2H3,(H,16,22). The molecule has 0 fully saturated rings. The summed E-state index contributed by atoms with van der Waals surface area (Å²) in [5.74, 6) is -0.451. The lowest BCUT2D eigenvalue weighted by Gasteiger charge is -2.05. The van der Waals surface area contributed by atoms with E-state index in [0.717, 1.165) is 11.3 Å². The quantitative estimate of drug-likeness (QED) is 0.640. The molecule has 9 nitrogen and oxygen atoms in total. The predicted molar refractivity (Wildman–Crippen MR) is 90.2 cm³/mol. The number of hydrogen-bond donors (Lipinski definition) is 2. The van der Waals surface area contributed by atoms with Crippen molar-refractivity contribution in [3.8, 4) is 0 Å². The van der Waals surface area contributed by atoms with Crippen molar-refractivity contribution in [3.63, 3.8) is 0 Å². The van der Waals surface area contributed by atoms with Crippen LogP contribution in [0.2, 0.25) is 0 Å². The molecule has 0 aliphatic heterocycles. The number of pyridine rings is 1. The third kappa shape index (κ3) is 3.86. The highest BCUT2D eigenvalue weighted by molar-refractivity contribution is 7.89. The summed E-state index contributed by atoms with van der Waals surface area (Å²) in [6, 6.07) is 5.75. The molecule has 10 heteroatoms. The second kappa shape index (κ2) is 6.65. The summed E-state index contributed by atoms with van der Waals surface area (Å²) in [7, 11) is -2.14. The highest BCUT2D eigenvalue weighted by Gasteiger charge is 2.18. The van der Waals surface area contributed by atoms with Gasteiger partial charge >= 0.3 is 0 Å². The van der Waals surface area contributed by atoms with Gasteiger partial charge in [0.2, 0.25) is 5.91 Å². The molecule has 3 rings (SSSR count). The lowest BCUT2D eigenvalue weighted by atomic mass is 10.4. The molecule has 0 aliphatic rings. The molecule has 2 N–H and O–H groups in total. The number of nitrogens with zero attached hydrogens (tertiary/aromatic N) is 4. The zero-order chi connectivity index (χ0) is 18.0. The van der Waals surface area contributed by atoms with Gasteiger partial charge in [0.1, 0.15) is 5.65 Å². The number of fused-ring (bicyclic) bond motifs is 1. The molecule has 0 aliphatic carbocycles. The molecule has 0 unspecified atom stereocenters. The first-order valence-corrected chi connectivity index (χ1v) is 9.01. The SMILES string of the molecule is Cc1cccc2nc(CNC(=O)CNS(=O)(=O)c3cn(C)cn3)cn12. The molecule has 25 heavy (non-hydrogen) atoms. The lowest BCUT2D eigenvalue weighted by molar-refractivity contribution is -0.120. The fourth-order valence-corrected chi connectivity index (χ4v) is 3.26. The Hall–Kier alpha value is -2.72. The Morgan fingerprint density at radius 1 is 1.28 bits per heavy atom. The molecule has 0 spiro atoms. The summed E-state index contributed by atoms with van der Waals surface area (Å²) in [6.07, 6.45) is 4.57. The molecule has 0 bridgehead atoms. The summed E-state index contributed by atoms with van der Waals surface area (Å²) < 4.78 is 29.6. The van der Waals surface area contributed by atoms with Crippen LogP contribution < -0.4 is 10.0 Å². The summed E-state index contributed by atoms with van der Waals surface area (Å²) in [5, 5.41) is 2.52. The van der Waals surface area contributed by atoms with Gasteiger partial charge in [-0.1, -0.05) is 6.07 Å². The molecule has 0 saturated carbocycles. The van der Waals surface area contributed by atoms with Crippen molar-refractivity contribution in [2.45, 2.75) is 18.5 Å². The van der Waals surface area contributed by atoms with Crippen LogP contribution in [0.25, 0.3) is 5.65 Å². The first kappa shape index (κ1) is 17.1. The molecular weight excluding hydrogens is 344 g/mol. The number of imidazole rings is 2. The maximum absolute atomic E-state index is 12.0. The average Bonchev–Trinajstić information content (AvgIpc) is 3.18. The highest BCUT2D eigenvalue weighted by Crippen LogP contribution is 2.08. The van der Waals surface area contributed by atoms with Gasteiger partial charge in [-0.3, -0.25) is 4.79 Å². The summed E-state index contributed by atoms with van der Waals surface area (Å²) in [5.41, 5.74) is 2.51. The second-order valence-electron chi connectivity index (χ2n) is 5.61. The van der Waals surface area contributed by atoms with Crippen molar-refractivity contribution in [1.29, 1.82) is 0 Å². The van der Waals surface area contributed by atoms with Crippen LogP contribution in [0.5, 0.6) is 0 Å². The number of aryl methyl sites for hydroxylation is 2. The molecule has 0 aromatic carbocycles. The van der Waals surface area contributed by atoms with Gasteiger partial charge in [-0.05, 0) is 19.1 Å². The van der Waals surface area contributed by atoms with Crippen molar-refractivity contribution in [2.75, 3.05) is 6.54 Å². The number of amides is 1. The first-order chi connectivity index (χ1) is 11.8. The van der Waals surface area contributed by atoms with Crippen LogP contribution in [-0.4, -0.2) is 39.8 Å². The zero-order valence-electron chi connectivity index (χ0n) is 13.8. The van der Waals surface area contributed by atoms with Crippen molar-refractivity contribution in [3.05, 3.63) is 48.3 Å². The van der Waals surface area contributed by atoms with E-state index in [1.54, 1.807) is 7.05 Å². The molecule has 0 atom stereocenters. The number of aromatic nitrogens is 4. The van der Waals surface area contributed by atoms with E-state index >= 15 is 0 Å². The summed E-state index contributed by atoms with van der Waals surface area (Å²) in [4.78, 5) is 20.0. The van der Waals surface area contributed by atoms with E-state index < -0.39 is 15.9 Å². The van der Waals surface area contributed by atoms with Crippen molar-refractivity contribution >= 4 is 21.6 Å². The minimum atomic E-state index is -3.81. The number of nitrogens with one attached hydrogen (secondary N) is 2. The van der Waals surface area contributed by atoms with Gasteiger partial charge in [0.25, 0.3) is 10.0 Å². The minimum Gasteiger partial charge on any atom is -0.349 e. The Morgan fingerprint density at radius 3 is 2.76 bits per heavy atom. The monoisotopic (exact) mass is 362 g/mol. The Bertz CT molecular complexity index is 1020. The van der Waals surface area contributed by atoms with Crippen LogP contribution in [-0.2, 0) is 28.4 Å².